The largest absolute Gasteiger partial charge is 0.358 e. The molecule has 17 heavy (non-hydrogen) atoms. The van der Waals surface area contributed by atoms with Crippen LogP contribution < -0.4 is 5.73 Å². The van der Waals surface area contributed by atoms with Crippen LogP contribution in [0, 0.1) is 12.8 Å². The number of H-pyrrole nitrogens is 1. The minimum Gasteiger partial charge on any atom is -0.358 e. The smallest absolute Gasteiger partial charge is 0.0459 e. The minimum absolute atomic E-state index is 0. The number of aryl methyl sites for hydroxylation is 1. The summed E-state index contributed by atoms with van der Waals surface area (Å²) in [7, 11) is 0. The molecule has 3 rings (SSSR count). The average molecular weight is 251 g/mol. The van der Waals surface area contributed by atoms with Crippen LogP contribution in [0.5, 0.6) is 0 Å². The van der Waals surface area contributed by atoms with E-state index in [1.807, 2.05) is 0 Å². The third-order valence-corrected chi connectivity index (χ3v) is 3.60. The van der Waals surface area contributed by atoms with E-state index in [-0.39, 0.29) is 18.4 Å². The Balaban J connectivity index is 0.00000108. The van der Waals surface area contributed by atoms with Gasteiger partial charge in [-0.25, -0.2) is 0 Å². The van der Waals surface area contributed by atoms with Crippen molar-refractivity contribution in [2.24, 2.45) is 11.7 Å². The molecule has 2 nitrogen and oxygen atoms in total. The number of hydrogen-bond acceptors (Lipinski definition) is 1. The molecule has 1 aromatic heterocycles. The monoisotopic (exact) mass is 250 g/mol. The van der Waals surface area contributed by atoms with Gasteiger partial charge in [0, 0.05) is 22.6 Å². The van der Waals surface area contributed by atoms with Crippen LogP contribution in [0.25, 0.3) is 10.9 Å². The number of nitrogens with two attached hydrogens (primary N) is 1. The van der Waals surface area contributed by atoms with Gasteiger partial charge in [-0.1, -0.05) is 31.0 Å². The first-order chi connectivity index (χ1) is 7.75. The average Bonchev–Trinajstić information content (AvgIpc) is 2.98. The maximum absolute atomic E-state index is 6.33. The lowest BCUT2D eigenvalue weighted by Crippen LogP contribution is -2.11. The van der Waals surface area contributed by atoms with Crippen LogP contribution in [-0.4, -0.2) is 4.98 Å². The number of para-hydroxylation sites is 1. The van der Waals surface area contributed by atoms with E-state index in [4.69, 9.17) is 5.73 Å². The number of benzene rings is 1. The first-order valence-electron chi connectivity index (χ1n) is 6.08. The van der Waals surface area contributed by atoms with Gasteiger partial charge in [0.2, 0.25) is 0 Å². The van der Waals surface area contributed by atoms with Crippen molar-refractivity contribution >= 4 is 23.3 Å². The SMILES string of the molecule is Cc1[nH]c2ccccc2c1[C@H](N)CC1CC1.Cl. The molecule has 92 valence electrons. The summed E-state index contributed by atoms with van der Waals surface area (Å²) >= 11 is 0. The number of aromatic nitrogens is 1. The van der Waals surface area contributed by atoms with Gasteiger partial charge < -0.3 is 10.7 Å². The van der Waals surface area contributed by atoms with Gasteiger partial charge >= 0.3 is 0 Å². The van der Waals surface area contributed by atoms with Crippen LogP contribution in [0.15, 0.2) is 24.3 Å². The molecular formula is C14H19ClN2. The highest BCUT2D eigenvalue weighted by Gasteiger charge is 2.26. The van der Waals surface area contributed by atoms with Crippen molar-refractivity contribution in [3.05, 3.63) is 35.5 Å². The predicted molar refractivity (Wildman–Crippen MR) is 74.6 cm³/mol. The van der Waals surface area contributed by atoms with E-state index in [1.165, 1.54) is 35.0 Å². The molecule has 0 bridgehead atoms. The maximum atomic E-state index is 6.33. The topological polar surface area (TPSA) is 41.8 Å². The standard InChI is InChI=1S/C14H18N2.ClH/c1-9-14(12(15)8-10-6-7-10)11-4-2-3-5-13(11)16-9;/h2-5,10,12,16H,6-8,15H2,1H3;1H/t12-;/m1./s1. The number of hydrogen-bond donors (Lipinski definition) is 2. The second kappa shape index (κ2) is 4.71. The summed E-state index contributed by atoms with van der Waals surface area (Å²) in [6, 6.07) is 8.64. The Morgan fingerprint density at radius 3 is 2.76 bits per heavy atom. The molecule has 1 aromatic carbocycles. The number of aromatic amines is 1. The summed E-state index contributed by atoms with van der Waals surface area (Å²) in [5.74, 6) is 0.878. The van der Waals surface area contributed by atoms with E-state index in [9.17, 15) is 0 Å². The molecular weight excluding hydrogens is 232 g/mol. The molecule has 0 aliphatic heterocycles. The summed E-state index contributed by atoms with van der Waals surface area (Å²) in [6.07, 6.45) is 3.88. The summed E-state index contributed by atoms with van der Waals surface area (Å²) in [6.45, 7) is 2.13. The van der Waals surface area contributed by atoms with Crippen molar-refractivity contribution in [1.82, 2.24) is 4.98 Å². The molecule has 2 aromatic rings. The second-order valence-corrected chi connectivity index (χ2v) is 4.99. The quantitative estimate of drug-likeness (QED) is 0.857. The first-order valence-corrected chi connectivity index (χ1v) is 6.08. The Labute approximate surface area is 108 Å². The fraction of sp³-hybridized carbons (Fsp3) is 0.429. The van der Waals surface area contributed by atoms with Crippen LogP contribution in [0.2, 0.25) is 0 Å². The van der Waals surface area contributed by atoms with E-state index in [0.29, 0.717) is 0 Å². The fourth-order valence-corrected chi connectivity index (χ4v) is 2.61. The highest BCUT2D eigenvalue weighted by molar-refractivity contribution is 5.85. The molecule has 1 saturated carbocycles. The molecule has 0 unspecified atom stereocenters. The highest BCUT2D eigenvalue weighted by Crippen LogP contribution is 2.39. The Hall–Kier alpha value is -0.990. The summed E-state index contributed by atoms with van der Waals surface area (Å²) in [5.41, 5.74) is 10.1. The molecule has 1 aliphatic rings. The number of fused-ring (bicyclic) bond motifs is 1. The fourth-order valence-electron chi connectivity index (χ4n) is 2.61. The summed E-state index contributed by atoms with van der Waals surface area (Å²) in [4.78, 5) is 3.42. The van der Waals surface area contributed by atoms with Gasteiger partial charge in [0.25, 0.3) is 0 Å². The molecule has 1 fully saturated rings. The highest BCUT2D eigenvalue weighted by atomic mass is 35.5. The molecule has 3 heteroatoms. The van der Waals surface area contributed by atoms with Crippen molar-refractivity contribution in [3.8, 4) is 0 Å². The van der Waals surface area contributed by atoms with Crippen LogP contribution in [0.4, 0.5) is 0 Å². The predicted octanol–water partition coefficient (Wildman–Crippen LogP) is 3.70. The van der Waals surface area contributed by atoms with Crippen molar-refractivity contribution < 1.29 is 0 Å². The summed E-state index contributed by atoms with van der Waals surface area (Å²) in [5, 5.41) is 1.30. The Kier molecular flexibility index (Phi) is 3.45. The molecule has 0 saturated heterocycles. The van der Waals surface area contributed by atoms with Crippen molar-refractivity contribution in [3.63, 3.8) is 0 Å². The van der Waals surface area contributed by atoms with Crippen LogP contribution in [-0.2, 0) is 0 Å². The molecule has 1 heterocycles. The molecule has 0 amide bonds. The van der Waals surface area contributed by atoms with Gasteiger partial charge in [0.05, 0.1) is 0 Å². The van der Waals surface area contributed by atoms with E-state index in [0.717, 1.165) is 12.3 Å². The van der Waals surface area contributed by atoms with Crippen molar-refractivity contribution in [1.29, 1.82) is 0 Å². The lowest BCUT2D eigenvalue weighted by atomic mass is 9.99. The van der Waals surface area contributed by atoms with Crippen LogP contribution >= 0.6 is 12.4 Å². The zero-order chi connectivity index (χ0) is 11.1. The lowest BCUT2D eigenvalue weighted by Gasteiger charge is -2.11. The zero-order valence-corrected chi connectivity index (χ0v) is 10.9. The third-order valence-electron chi connectivity index (χ3n) is 3.60. The Morgan fingerprint density at radius 1 is 1.35 bits per heavy atom. The van der Waals surface area contributed by atoms with Crippen molar-refractivity contribution in [2.75, 3.05) is 0 Å². The molecule has 0 radical (unpaired) electrons. The first kappa shape index (κ1) is 12.5. The number of rotatable bonds is 3. The minimum atomic E-state index is 0. The van der Waals surface area contributed by atoms with Crippen LogP contribution in [0.1, 0.15) is 36.6 Å². The van der Waals surface area contributed by atoms with Gasteiger partial charge in [-0.3, -0.25) is 0 Å². The van der Waals surface area contributed by atoms with Gasteiger partial charge in [0.15, 0.2) is 0 Å². The molecule has 0 spiro atoms. The van der Waals surface area contributed by atoms with E-state index >= 15 is 0 Å². The Bertz CT molecular complexity index is 514. The summed E-state index contributed by atoms with van der Waals surface area (Å²) < 4.78 is 0. The third kappa shape index (κ3) is 2.33. The lowest BCUT2D eigenvalue weighted by molar-refractivity contribution is 0.597. The van der Waals surface area contributed by atoms with Gasteiger partial charge in [-0.05, 0) is 30.9 Å². The van der Waals surface area contributed by atoms with Gasteiger partial charge in [-0.2, -0.15) is 0 Å². The molecule has 1 aliphatic carbocycles. The number of halogens is 1. The zero-order valence-electron chi connectivity index (χ0n) is 10.1. The van der Waals surface area contributed by atoms with Crippen LogP contribution in [0.3, 0.4) is 0 Å². The second-order valence-electron chi connectivity index (χ2n) is 4.99. The van der Waals surface area contributed by atoms with Gasteiger partial charge in [0.1, 0.15) is 0 Å². The number of nitrogens with one attached hydrogen (secondary N) is 1. The van der Waals surface area contributed by atoms with E-state index in [2.05, 4.69) is 36.2 Å². The van der Waals surface area contributed by atoms with E-state index < -0.39 is 0 Å². The molecule has 1 atom stereocenters. The van der Waals surface area contributed by atoms with Crippen molar-refractivity contribution in [2.45, 2.75) is 32.2 Å². The molecule has 3 N–H and O–H groups in total. The maximum Gasteiger partial charge on any atom is 0.0459 e. The normalized spacial score (nSPS) is 16.8. The van der Waals surface area contributed by atoms with Gasteiger partial charge in [-0.15, -0.1) is 12.4 Å². The van der Waals surface area contributed by atoms with E-state index in [1.54, 1.807) is 0 Å². The Morgan fingerprint density at radius 2 is 2.06 bits per heavy atom.